The van der Waals surface area contributed by atoms with Crippen LogP contribution in [0.4, 0.5) is 0 Å². The molecule has 1 rings (SSSR count). The van der Waals surface area contributed by atoms with Gasteiger partial charge in [-0.1, -0.05) is 6.92 Å². The van der Waals surface area contributed by atoms with Gasteiger partial charge in [-0.05, 0) is 24.6 Å². The smallest absolute Gasteiger partial charge is 0.255 e. The zero-order valence-electron chi connectivity index (χ0n) is 12.8. The third-order valence-electron chi connectivity index (χ3n) is 2.96. The normalized spacial score (nSPS) is 11.1. The molecule has 120 valence electrons. The Morgan fingerprint density at radius 2 is 1.81 bits per heavy atom. The maximum atomic E-state index is 12.2. The third kappa shape index (κ3) is 4.68. The van der Waals surface area contributed by atoms with Gasteiger partial charge in [-0.25, -0.2) is 0 Å². The fourth-order valence-electron chi connectivity index (χ4n) is 1.73. The number of hydrogen-bond donors (Lipinski definition) is 2. The van der Waals surface area contributed by atoms with Gasteiger partial charge in [0.05, 0.1) is 26.9 Å². The van der Waals surface area contributed by atoms with Gasteiger partial charge in [-0.2, -0.15) is 0 Å². The molecule has 0 heterocycles. The van der Waals surface area contributed by atoms with Crippen LogP contribution in [0.25, 0.3) is 0 Å². The summed E-state index contributed by atoms with van der Waals surface area (Å²) in [6.07, 6.45) is 0. The predicted molar refractivity (Wildman–Crippen MR) is 83.9 cm³/mol. The Morgan fingerprint density at radius 3 is 2.29 bits per heavy atom. The van der Waals surface area contributed by atoms with Crippen molar-refractivity contribution >= 4 is 18.3 Å². The van der Waals surface area contributed by atoms with Crippen LogP contribution in [-0.2, 0) is 0 Å². The summed E-state index contributed by atoms with van der Waals surface area (Å²) in [5, 5.41) is 2.82. The molecule has 1 aromatic rings. The van der Waals surface area contributed by atoms with Gasteiger partial charge in [-0.15, -0.1) is 12.4 Å². The zero-order chi connectivity index (χ0) is 15.1. The topological polar surface area (TPSA) is 82.8 Å². The van der Waals surface area contributed by atoms with Gasteiger partial charge >= 0.3 is 0 Å². The summed E-state index contributed by atoms with van der Waals surface area (Å²) in [7, 11) is 4.51. The van der Waals surface area contributed by atoms with Crippen molar-refractivity contribution in [3.05, 3.63) is 17.7 Å². The van der Waals surface area contributed by atoms with E-state index >= 15 is 0 Å². The van der Waals surface area contributed by atoms with E-state index in [2.05, 4.69) is 5.32 Å². The van der Waals surface area contributed by atoms with Gasteiger partial charge in [0.25, 0.3) is 5.91 Å². The first-order valence-electron chi connectivity index (χ1n) is 6.36. The molecule has 0 aromatic heterocycles. The summed E-state index contributed by atoms with van der Waals surface area (Å²) in [5.41, 5.74) is 5.92. The van der Waals surface area contributed by atoms with Crippen molar-refractivity contribution in [3.63, 3.8) is 0 Å². The van der Waals surface area contributed by atoms with Gasteiger partial charge in [0.15, 0.2) is 11.5 Å². The molecule has 7 heteroatoms. The molecule has 0 saturated heterocycles. The summed E-state index contributed by atoms with van der Waals surface area (Å²) in [6.45, 7) is 2.99. The van der Waals surface area contributed by atoms with Crippen LogP contribution in [0.3, 0.4) is 0 Å². The summed E-state index contributed by atoms with van der Waals surface area (Å²) >= 11 is 0. The standard InChI is InChI=1S/C14H22N2O4.ClH/c1-9(7-15)8-16-14(17)10-5-6-11(18-2)13(20-4)12(10)19-3;/h5-6,9H,7-8,15H2,1-4H3,(H,16,17);1H. The van der Waals surface area contributed by atoms with Crippen molar-refractivity contribution in [2.75, 3.05) is 34.4 Å². The summed E-state index contributed by atoms with van der Waals surface area (Å²) < 4.78 is 15.7. The van der Waals surface area contributed by atoms with Gasteiger partial charge in [0.1, 0.15) is 0 Å². The second kappa shape index (κ2) is 9.31. The Labute approximate surface area is 131 Å². The lowest BCUT2D eigenvalue weighted by Crippen LogP contribution is -2.31. The molecule has 0 aliphatic heterocycles. The minimum atomic E-state index is -0.233. The first kappa shape index (κ1) is 19.3. The van der Waals surface area contributed by atoms with Gasteiger partial charge in [-0.3, -0.25) is 4.79 Å². The average Bonchev–Trinajstić information content (AvgIpc) is 2.50. The molecule has 1 atom stereocenters. The van der Waals surface area contributed by atoms with Crippen molar-refractivity contribution in [1.29, 1.82) is 0 Å². The first-order chi connectivity index (χ1) is 9.58. The van der Waals surface area contributed by atoms with E-state index in [-0.39, 0.29) is 24.2 Å². The van der Waals surface area contributed by atoms with E-state index in [0.717, 1.165) is 0 Å². The van der Waals surface area contributed by atoms with Gasteiger partial charge in [0.2, 0.25) is 5.75 Å². The Morgan fingerprint density at radius 1 is 1.19 bits per heavy atom. The second-order valence-electron chi connectivity index (χ2n) is 4.43. The fourth-order valence-corrected chi connectivity index (χ4v) is 1.73. The molecule has 6 nitrogen and oxygen atoms in total. The highest BCUT2D eigenvalue weighted by Gasteiger charge is 2.20. The molecule has 3 N–H and O–H groups in total. The first-order valence-corrected chi connectivity index (χ1v) is 6.36. The quantitative estimate of drug-likeness (QED) is 0.795. The summed E-state index contributed by atoms with van der Waals surface area (Å²) in [4.78, 5) is 12.2. The van der Waals surface area contributed by atoms with E-state index in [4.69, 9.17) is 19.9 Å². The zero-order valence-corrected chi connectivity index (χ0v) is 13.6. The van der Waals surface area contributed by atoms with Crippen molar-refractivity contribution in [1.82, 2.24) is 5.32 Å². The molecule has 0 spiro atoms. The number of amides is 1. The Kier molecular flexibility index (Phi) is 8.57. The number of hydrogen-bond acceptors (Lipinski definition) is 5. The molecular weight excluding hydrogens is 296 g/mol. The molecule has 1 aromatic carbocycles. The van der Waals surface area contributed by atoms with Gasteiger partial charge in [0, 0.05) is 6.54 Å². The highest BCUT2D eigenvalue weighted by molar-refractivity contribution is 5.98. The highest BCUT2D eigenvalue weighted by Crippen LogP contribution is 2.39. The monoisotopic (exact) mass is 318 g/mol. The SMILES string of the molecule is COc1ccc(C(=O)NCC(C)CN)c(OC)c1OC.Cl. The maximum absolute atomic E-state index is 12.2. The Balaban J connectivity index is 0.00000400. The predicted octanol–water partition coefficient (Wildman–Crippen LogP) is 1.46. The number of halogens is 1. The van der Waals surface area contributed by atoms with Crippen LogP contribution in [0.2, 0.25) is 0 Å². The highest BCUT2D eigenvalue weighted by atomic mass is 35.5. The lowest BCUT2D eigenvalue weighted by Gasteiger charge is -2.16. The molecule has 1 amide bonds. The maximum Gasteiger partial charge on any atom is 0.255 e. The number of nitrogens with one attached hydrogen (secondary N) is 1. The van der Waals surface area contributed by atoms with E-state index in [0.29, 0.717) is 35.9 Å². The lowest BCUT2D eigenvalue weighted by atomic mass is 10.1. The van der Waals surface area contributed by atoms with Crippen LogP contribution in [0.1, 0.15) is 17.3 Å². The van der Waals surface area contributed by atoms with E-state index in [1.807, 2.05) is 6.92 Å². The van der Waals surface area contributed by atoms with Crippen molar-refractivity contribution < 1.29 is 19.0 Å². The number of benzene rings is 1. The third-order valence-corrected chi connectivity index (χ3v) is 2.96. The van der Waals surface area contributed by atoms with Crippen molar-refractivity contribution in [3.8, 4) is 17.2 Å². The largest absolute Gasteiger partial charge is 0.493 e. The number of nitrogens with two attached hydrogens (primary N) is 1. The van der Waals surface area contributed by atoms with E-state index in [1.54, 1.807) is 12.1 Å². The molecular formula is C14H23ClN2O4. The minimum absolute atomic E-state index is 0. The fraction of sp³-hybridized carbons (Fsp3) is 0.500. The Hall–Kier alpha value is -1.66. The van der Waals surface area contributed by atoms with Crippen LogP contribution in [-0.4, -0.2) is 40.3 Å². The Bertz CT molecular complexity index is 469. The molecule has 0 fully saturated rings. The molecule has 1 unspecified atom stereocenters. The van der Waals surface area contributed by atoms with E-state index in [9.17, 15) is 4.79 Å². The number of rotatable bonds is 7. The molecule has 0 aliphatic carbocycles. The number of ether oxygens (including phenoxy) is 3. The molecule has 21 heavy (non-hydrogen) atoms. The molecule has 0 radical (unpaired) electrons. The van der Waals surface area contributed by atoms with Crippen molar-refractivity contribution in [2.45, 2.75) is 6.92 Å². The summed E-state index contributed by atoms with van der Waals surface area (Å²) in [6, 6.07) is 3.31. The summed E-state index contributed by atoms with van der Waals surface area (Å²) in [5.74, 6) is 1.24. The average molecular weight is 319 g/mol. The number of methoxy groups -OCH3 is 3. The second-order valence-corrected chi connectivity index (χ2v) is 4.43. The molecule has 0 bridgehead atoms. The van der Waals surface area contributed by atoms with Gasteiger partial charge < -0.3 is 25.3 Å². The molecule has 0 aliphatic rings. The van der Waals surface area contributed by atoms with Crippen LogP contribution in [0.5, 0.6) is 17.2 Å². The van der Waals surface area contributed by atoms with E-state index < -0.39 is 0 Å². The minimum Gasteiger partial charge on any atom is -0.493 e. The molecule has 0 saturated carbocycles. The lowest BCUT2D eigenvalue weighted by molar-refractivity contribution is 0.0944. The number of carbonyl (C=O) groups excluding carboxylic acids is 1. The van der Waals surface area contributed by atoms with Crippen LogP contribution >= 0.6 is 12.4 Å². The van der Waals surface area contributed by atoms with Crippen molar-refractivity contribution in [2.24, 2.45) is 11.7 Å². The number of carbonyl (C=O) groups is 1. The van der Waals surface area contributed by atoms with Crippen LogP contribution < -0.4 is 25.3 Å². The van der Waals surface area contributed by atoms with Crippen LogP contribution in [0, 0.1) is 5.92 Å². The van der Waals surface area contributed by atoms with E-state index in [1.165, 1.54) is 21.3 Å². The van der Waals surface area contributed by atoms with Crippen LogP contribution in [0.15, 0.2) is 12.1 Å².